The molecule has 20 heavy (non-hydrogen) atoms. The zero-order valence-electron chi connectivity index (χ0n) is 9.68. The third-order valence-corrected chi connectivity index (χ3v) is 3.69. The summed E-state index contributed by atoms with van der Waals surface area (Å²) in [5.74, 6) is -2.08. The fourth-order valence-electron chi connectivity index (χ4n) is 1.55. The van der Waals surface area contributed by atoms with Crippen LogP contribution < -0.4 is 5.32 Å². The summed E-state index contributed by atoms with van der Waals surface area (Å²) in [5, 5.41) is 2.22. The fraction of sp³-hybridized carbons (Fsp3) is 0. The summed E-state index contributed by atoms with van der Waals surface area (Å²) in [6.45, 7) is 0. The third kappa shape index (κ3) is 3.11. The van der Waals surface area contributed by atoms with Crippen LogP contribution in [0.15, 0.2) is 34.8 Å². The summed E-state index contributed by atoms with van der Waals surface area (Å²) in [4.78, 5) is 12.1. The molecule has 0 bridgehead atoms. The number of nitrogens with one attached hydrogen (secondary N) is 1. The number of carbonyl (C=O) groups is 1. The Balaban J connectivity index is 2.38. The van der Waals surface area contributed by atoms with Gasteiger partial charge in [0.05, 0.1) is 21.3 Å². The van der Waals surface area contributed by atoms with Crippen LogP contribution in [0.5, 0.6) is 0 Å². The summed E-state index contributed by atoms with van der Waals surface area (Å²) in [6, 6.07) is 6.12. The van der Waals surface area contributed by atoms with Gasteiger partial charge in [0.2, 0.25) is 0 Å². The molecule has 2 rings (SSSR count). The van der Waals surface area contributed by atoms with Crippen molar-refractivity contribution >= 4 is 50.7 Å². The average Bonchev–Trinajstić information content (AvgIpc) is 2.33. The van der Waals surface area contributed by atoms with Crippen molar-refractivity contribution in [1.29, 1.82) is 0 Å². The highest BCUT2D eigenvalue weighted by Gasteiger charge is 2.18. The van der Waals surface area contributed by atoms with Crippen LogP contribution in [0.4, 0.5) is 14.5 Å². The molecule has 0 aliphatic carbocycles. The molecule has 2 aromatic carbocycles. The molecular weight excluding hydrogens is 375 g/mol. The monoisotopic (exact) mass is 379 g/mol. The Labute approximate surface area is 131 Å². The second kappa shape index (κ2) is 6.08. The smallest absolute Gasteiger partial charge is 0.259 e. The molecule has 0 saturated carbocycles. The van der Waals surface area contributed by atoms with Crippen LogP contribution in [0.1, 0.15) is 10.4 Å². The molecular formula is C13H6BrCl2F2NO. The first kappa shape index (κ1) is 15.2. The molecule has 7 heteroatoms. The van der Waals surface area contributed by atoms with Crippen molar-refractivity contribution in [1.82, 2.24) is 0 Å². The molecule has 2 nitrogen and oxygen atoms in total. The van der Waals surface area contributed by atoms with Crippen molar-refractivity contribution in [2.45, 2.75) is 0 Å². The Morgan fingerprint density at radius 1 is 1.15 bits per heavy atom. The highest BCUT2D eigenvalue weighted by atomic mass is 79.9. The van der Waals surface area contributed by atoms with Gasteiger partial charge in [0, 0.05) is 4.47 Å². The second-order valence-electron chi connectivity index (χ2n) is 3.80. The number of halogens is 5. The van der Waals surface area contributed by atoms with Gasteiger partial charge in [0.15, 0.2) is 0 Å². The summed E-state index contributed by atoms with van der Waals surface area (Å²) in [7, 11) is 0. The average molecular weight is 381 g/mol. The molecule has 1 N–H and O–H groups in total. The Morgan fingerprint density at radius 3 is 2.30 bits per heavy atom. The first-order chi connectivity index (χ1) is 9.40. The number of benzene rings is 2. The Kier molecular flexibility index (Phi) is 4.62. The van der Waals surface area contributed by atoms with Gasteiger partial charge in [-0.15, -0.1) is 0 Å². The first-order valence-corrected chi connectivity index (χ1v) is 6.85. The van der Waals surface area contributed by atoms with Gasteiger partial charge in [-0.3, -0.25) is 4.79 Å². The van der Waals surface area contributed by atoms with Crippen LogP contribution in [0.2, 0.25) is 10.0 Å². The number of hydrogen-bond acceptors (Lipinski definition) is 1. The highest BCUT2D eigenvalue weighted by Crippen LogP contribution is 2.32. The topological polar surface area (TPSA) is 29.1 Å². The van der Waals surface area contributed by atoms with Gasteiger partial charge in [-0.25, -0.2) is 8.78 Å². The van der Waals surface area contributed by atoms with Crippen molar-refractivity contribution in [3.63, 3.8) is 0 Å². The quantitative estimate of drug-likeness (QED) is 0.753. The van der Waals surface area contributed by atoms with E-state index in [4.69, 9.17) is 23.2 Å². The van der Waals surface area contributed by atoms with Crippen LogP contribution in [0.3, 0.4) is 0 Å². The summed E-state index contributed by atoms with van der Waals surface area (Å²) >= 11 is 14.7. The molecule has 0 atom stereocenters. The number of amides is 1. The van der Waals surface area contributed by atoms with E-state index in [0.29, 0.717) is 0 Å². The standard InChI is InChI=1S/C13H6BrCl2F2NO/c14-7-2-1-3-10(18)11(7)13(20)19-12-8(15)4-6(17)5-9(12)16/h1-5H,(H,19,20). The predicted octanol–water partition coefficient (Wildman–Crippen LogP) is 5.29. The van der Waals surface area contributed by atoms with Crippen LogP contribution in [0, 0.1) is 11.6 Å². The molecule has 0 aromatic heterocycles. The summed E-state index contributed by atoms with van der Waals surface area (Å²) in [5.41, 5.74) is -0.168. The van der Waals surface area contributed by atoms with Gasteiger partial charge in [0.25, 0.3) is 5.91 Å². The molecule has 0 aliphatic heterocycles. The molecule has 1 amide bonds. The zero-order valence-corrected chi connectivity index (χ0v) is 12.8. The van der Waals surface area contributed by atoms with E-state index in [1.54, 1.807) is 0 Å². The molecule has 0 aliphatic rings. The number of carbonyl (C=O) groups excluding carboxylic acids is 1. The summed E-state index contributed by atoms with van der Waals surface area (Å²) < 4.78 is 27.0. The van der Waals surface area contributed by atoms with Crippen molar-refractivity contribution in [3.8, 4) is 0 Å². The molecule has 0 heterocycles. The Morgan fingerprint density at radius 2 is 1.75 bits per heavy atom. The fourth-order valence-corrected chi connectivity index (χ4v) is 2.63. The lowest BCUT2D eigenvalue weighted by atomic mass is 10.2. The van der Waals surface area contributed by atoms with Gasteiger partial charge in [-0.05, 0) is 40.2 Å². The molecule has 0 spiro atoms. The summed E-state index contributed by atoms with van der Waals surface area (Å²) in [6.07, 6.45) is 0. The van der Waals surface area contributed by atoms with Gasteiger partial charge < -0.3 is 5.32 Å². The van der Waals surface area contributed by atoms with Gasteiger partial charge in [-0.2, -0.15) is 0 Å². The number of rotatable bonds is 2. The molecule has 2 aromatic rings. The minimum Gasteiger partial charge on any atom is -0.319 e. The lowest BCUT2D eigenvalue weighted by Gasteiger charge is -2.11. The van der Waals surface area contributed by atoms with Crippen LogP contribution in [0.25, 0.3) is 0 Å². The SMILES string of the molecule is O=C(Nc1c(Cl)cc(F)cc1Cl)c1c(F)cccc1Br. The lowest BCUT2D eigenvalue weighted by Crippen LogP contribution is -2.15. The van der Waals surface area contributed by atoms with Crippen molar-refractivity contribution in [2.75, 3.05) is 5.32 Å². The van der Waals surface area contributed by atoms with E-state index in [9.17, 15) is 13.6 Å². The third-order valence-electron chi connectivity index (χ3n) is 2.44. The largest absolute Gasteiger partial charge is 0.319 e. The van der Waals surface area contributed by atoms with Crippen LogP contribution in [-0.4, -0.2) is 5.91 Å². The Hall–Kier alpha value is -1.17. The van der Waals surface area contributed by atoms with E-state index in [-0.39, 0.29) is 25.8 Å². The highest BCUT2D eigenvalue weighted by molar-refractivity contribution is 9.10. The van der Waals surface area contributed by atoms with Gasteiger partial charge >= 0.3 is 0 Å². The maximum Gasteiger partial charge on any atom is 0.259 e. The van der Waals surface area contributed by atoms with Crippen LogP contribution >= 0.6 is 39.1 Å². The second-order valence-corrected chi connectivity index (χ2v) is 5.46. The van der Waals surface area contributed by atoms with E-state index < -0.39 is 17.5 Å². The van der Waals surface area contributed by atoms with Crippen molar-refractivity contribution in [3.05, 3.63) is 62.0 Å². The predicted molar refractivity (Wildman–Crippen MR) is 78.5 cm³/mol. The molecule has 0 saturated heterocycles. The van der Waals surface area contributed by atoms with E-state index in [2.05, 4.69) is 21.2 Å². The van der Waals surface area contributed by atoms with E-state index in [1.165, 1.54) is 12.1 Å². The van der Waals surface area contributed by atoms with Gasteiger partial charge in [-0.1, -0.05) is 29.3 Å². The van der Waals surface area contributed by atoms with Crippen molar-refractivity contribution < 1.29 is 13.6 Å². The number of hydrogen-bond donors (Lipinski definition) is 1. The number of anilines is 1. The van der Waals surface area contributed by atoms with Crippen molar-refractivity contribution in [2.24, 2.45) is 0 Å². The van der Waals surface area contributed by atoms with Crippen LogP contribution in [-0.2, 0) is 0 Å². The normalized spacial score (nSPS) is 10.4. The zero-order chi connectivity index (χ0) is 14.9. The molecule has 104 valence electrons. The maximum absolute atomic E-state index is 13.7. The molecule has 0 unspecified atom stereocenters. The molecule has 0 fully saturated rings. The maximum atomic E-state index is 13.7. The van der Waals surface area contributed by atoms with Gasteiger partial charge in [0.1, 0.15) is 11.6 Å². The van der Waals surface area contributed by atoms with E-state index >= 15 is 0 Å². The molecule has 0 radical (unpaired) electrons. The Bertz CT molecular complexity index is 651. The van der Waals surface area contributed by atoms with E-state index in [1.807, 2.05) is 0 Å². The van der Waals surface area contributed by atoms with E-state index in [0.717, 1.165) is 18.2 Å². The minimum absolute atomic E-state index is 0.0230. The minimum atomic E-state index is -0.745. The first-order valence-electron chi connectivity index (χ1n) is 5.30. The lowest BCUT2D eigenvalue weighted by molar-refractivity contribution is 0.102.